The number of rotatable bonds is 5. The minimum atomic E-state index is -3.74. The quantitative estimate of drug-likeness (QED) is 0.748. The third-order valence-corrected chi connectivity index (χ3v) is 4.80. The van der Waals surface area contributed by atoms with Gasteiger partial charge >= 0.3 is 0 Å². The van der Waals surface area contributed by atoms with Crippen LogP contribution in [0.25, 0.3) is 0 Å². The maximum absolute atomic E-state index is 12.3. The van der Waals surface area contributed by atoms with E-state index in [0.717, 1.165) is 10.0 Å². The topological polar surface area (TPSA) is 99.8 Å². The van der Waals surface area contributed by atoms with Crippen LogP contribution in [0.3, 0.4) is 0 Å². The summed E-state index contributed by atoms with van der Waals surface area (Å²) in [6, 6.07) is 1.65. The summed E-state index contributed by atoms with van der Waals surface area (Å²) < 4.78 is 27.8. The van der Waals surface area contributed by atoms with Crippen molar-refractivity contribution in [3.63, 3.8) is 0 Å². The first-order chi connectivity index (χ1) is 9.44. The Bertz CT molecular complexity index is 713. The molecule has 2 aromatic heterocycles. The molecule has 0 amide bonds. The summed E-state index contributed by atoms with van der Waals surface area (Å²) >= 11 is 3.32. The molecule has 2 heterocycles. The van der Waals surface area contributed by atoms with Gasteiger partial charge in [0.25, 0.3) is 10.0 Å². The van der Waals surface area contributed by atoms with Gasteiger partial charge in [-0.2, -0.15) is 13.5 Å². The van der Waals surface area contributed by atoms with Crippen molar-refractivity contribution in [3.05, 3.63) is 34.1 Å². The van der Waals surface area contributed by atoms with Gasteiger partial charge in [0.15, 0.2) is 5.03 Å². The first-order valence-electron chi connectivity index (χ1n) is 5.76. The van der Waals surface area contributed by atoms with Crippen molar-refractivity contribution < 1.29 is 8.42 Å². The molecule has 0 saturated carbocycles. The van der Waals surface area contributed by atoms with Gasteiger partial charge in [0.2, 0.25) is 0 Å². The van der Waals surface area contributed by atoms with Crippen molar-refractivity contribution in [1.82, 2.24) is 20.5 Å². The van der Waals surface area contributed by atoms with Gasteiger partial charge in [-0.15, -0.1) is 0 Å². The van der Waals surface area contributed by atoms with Crippen molar-refractivity contribution in [3.8, 4) is 0 Å². The Morgan fingerprint density at radius 1 is 1.40 bits per heavy atom. The van der Waals surface area contributed by atoms with Gasteiger partial charge in [-0.1, -0.05) is 0 Å². The van der Waals surface area contributed by atoms with E-state index in [0.29, 0.717) is 12.1 Å². The SMILES string of the molecule is CNCc1cn[nH]c1S(=O)(=O)Nc1cc(C)c(Br)cn1. The molecule has 0 spiro atoms. The average molecular weight is 360 g/mol. The van der Waals surface area contributed by atoms with Crippen molar-refractivity contribution in [1.29, 1.82) is 0 Å². The molecule has 2 aromatic rings. The number of sulfonamides is 1. The molecule has 0 bridgehead atoms. The van der Waals surface area contributed by atoms with Crippen molar-refractivity contribution in [2.24, 2.45) is 0 Å². The minimum absolute atomic E-state index is 0.0363. The fourth-order valence-corrected chi connectivity index (χ4v) is 2.98. The van der Waals surface area contributed by atoms with Crippen molar-refractivity contribution in [2.45, 2.75) is 18.5 Å². The molecule has 0 aliphatic rings. The summed E-state index contributed by atoms with van der Waals surface area (Å²) in [6.45, 7) is 2.26. The minimum Gasteiger partial charge on any atom is -0.316 e. The second-order valence-electron chi connectivity index (χ2n) is 4.18. The molecule has 20 heavy (non-hydrogen) atoms. The molecule has 7 nitrogen and oxygen atoms in total. The van der Waals surface area contributed by atoms with Gasteiger partial charge in [-0.05, 0) is 41.5 Å². The zero-order chi connectivity index (χ0) is 14.8. The largest absolute Gasteiger partial charge is 0.316 e. The molecule has 2 rings (SSSR count). The fraction of sp³-hybridized carbons (Fsp3) is 0.273. The Hall–Kier alpha value is -1.45. The van der Waals surface area contributed by atoms with Gasteiger partial charge in [0.05, 0.1) is 6.20 Å². The van der Waals surface area contributed by atoms with Crippen LogP contribution in [0, 0.1) is 6.92 Å². The predicted molar refractivity (Wildman–Crippen MR) is 78.8 cm³/mol. The van der Waals surface area contributed by atoms with Crippen LogP contribution in [0.2, 0.25) is 0 Å². The van der Waals surface area contributed by atoms with Crippen LogP contribution >= 0.6 is 15.9 Å². The van der Waals surface area contributed by atoms with E-state index in [-0.39, 0.29) is 10.8 Å². The summed E-state index contributed by atoms with van der Waals surface area (Å²) in [5.41, 5.74) is 1.45. The molecule has 3 N–H and O–H groups in total. The Morgan fingerprint density at radius 3 is 2.80 bits per heavy atom. The van der Waals surface area contributed by atoms with Gasteiger partial charge in [-0.25, -0.2) is 4.98 Å². The van der Waals surface area contributed by atoms with Gasteiger partial charge < -0.3 is 5.32 Å². The van der Waals surface area contributed by atoms with Gasteiger partial charge in [-0.3, -0.25) is 9.82 Å². The number of nitrogens with one attached hydrogen (secondary N) is 3. The van der Waals surface area contributed by atoms with Crippen LogP contribution in [-0.4, -0.2) is 30.6 Å². The molecule has 9 heteroatoms. The zero-order valence-electron chi connectivity index (χ0n) is 10.9. The maximum atomic E-state index is 12.3. The number of anilines is 1. The summed E-state index contributed by atoms with van der Waals surface area (Å²) in [5.74, 6) is 0.260. The number of aryl methyl sites for hydroxylation is 1. The summed E-state index contributed by atoms with van der Waals surface area (Å²) in [7, 11) is -2.01. The number of nitrogens with zero attached hydrogens (tertiary/aromatic N) is 2. The van der Waals surface area contributed by atoms with Crippen LogP contribution in [0.5, 0.6) is 0 Å². The molecule has 0 saturated heterocycles. The molecule has 0 fully saturated rings. The number of aromatic nitrogens is 3. The van der Waals surface area contributed by atoms with E-state index in [1.54, 1.807) is 19.3 Å². The molecule has 0 aliphatic heterocycles. The third-order valence-electron chi connectivity index (χ3n) is 2.60. The number of hydrogen-bond donors (Lipinski definition) is 3. The summed E-state index contributed by atoms with van der Waals surface area (Å²) in [5, 5.41) is 9.19. The van der Waals surface area contributed by atoms with Crippen molar-refractivity contribution >= 4 is 31.8 Å². The lowest BCUT2D eigenvalue weighted by atomic mass is 10.3. The van der Waals surface area contributed by atoms with E-state index in [1.807, 2.05) is 6.92 Å². The molecule has 0 aromatic carbocycles. The lowest BCUT2D eigenvalue weighted by molar-refractivity contribution is 0.595. The van der Waals surface area contributed by atoms with Crippen LogP contribution in [0.4, 0.5) is 5.82 Å². The molecule has 0 radical (unpaired) electrons. The van der Waals surface area contributed by atoms with Crippen molar-refractivity contribution in [2.75, 3.05) is 11.8 Å². The zero-order valence-corrected chi connectivity index (χ0v) is 13.3. The Morgan fingerprint density at radius 2 is 2.15 bits per heavy atom. The number of H-pyrrole nitrogens is 1. The molecule has 0 unspecified atom stereocenters. The number of aromatic amines is 1. The Labute approximate surface area is 125 Å². The molecule has 108 valence electrons. The number of pyridine rings is 1. The standard InChI is InChI=1S/C11H14BrN5O2S/c1-7-3-10(14-6-9(7)12)17-20(18,19)11-8(4-13-2)5-15-16-11/h3,5-6,13H,4H2,1-2H3,(H,14,17)(H,15,16). The van der Waals surface area contributed by atoms with Crippen LogP contribution in [0.15, 0.2) is 28.0 Å². The van der Waals surface area contributed by atoms with Crippen LogP contribution < -0.4 is 10.0 Å². The molecule has 0 aliphatic carbocycles. The van der Waals surface area contributed by atoms with E-state index in [9.17, 15) is 8.42 Å². The molecular formula is C11H14BrN5O2S. The Kier molecular flexibility index (Phi) is 4.41. The fourth-order valence-electron chi connectivity index (χ4n) is 1.63. The normalized spacial score (nSPS) is 11.6. The van der Waals surface area contributed by atoms with Gasteiger partial charge in [0, 0.05) is 22.8 Å². The number of halogens is 1. The maximum Gasteiger partial charge on any atom is 0.280 e. The second-order valence-corrected chi connectivity index (χ2v) is 6.65. The highest BCUT2D eigenvalue weighted by Gasteiger charge is 2.21. The van der Waals surface area contributed by atoms with E-state index in [4.69, 9.17) is 0 Å². The smallest absolute Gasteiger partial charge is 0.280 e. The van der Waals surface area contributed by atoms with E-state index >= 15 is 0 Å². The highest BCUT2D eigenvalue weighted by atomic mass is 79.9. The first kappa shape index (κ1) is 14.9. The molecular weight excluding hydrogens is 346 g/mol. The van der Waals surface area contributed by atoms with E-state index in [1.165, 1.54) is 6.20 Å². The first-order valence-corrected chi connectivity index (χ1v) is 8.03. The lowest BCUT2D eigenvalue weighted by Gasteiger charge is -2.08. The van der Waals surface area contributed by atoms with Crippen LogP contribution in [-0.2, 0) is 16.6 Å². The Balaban J connectivity index is 2.30. The van der Waals surface area contributed by atoms with E-state index in [2.05, 4.69) is 41.2 Å². The third kappa shape index (κ3) is 3.17. The highest BCUT2D eigenvalue weighted by Crippen LogP contribution is 2.20. The summed E-state index contributed by atoms with van der Waals surface area (Å²) in [6.07, 6.45) is 3.03. The molecule has 0 atom stereocenters. The highest BCUT2D eigenvalue weighted by molar-refractivity contribution is 9.10. The van der Waals surface area contributed by atoms with Crippen LogP contribution in [0.1, 0.15) is 11.1 Å². The lowest BCUT2D eigenvalue weighted by Crippen LogP contribution is -2.17. The summed E-state index contributed by atoms with van der Waals surface area (Å²) in [4.78, 5) is 4.02. The van der Waals surface area contributed by atoms with Gasteiger partial charge in [0.1, 0.15) is 5.82 Å². The van der Waals surface area contributed by atoms with E-state index < -0.39 is 10.0 Å². The number of hydrogen-bond acceptors (Lipinski definition) is 5. The second kappa shape index (κ2) is 5.90. The average Bonchev–Trinajstić information content (AvgIpc) is 2.83. The monoisotopic (exact) mass is 359 g/mol. The predicted octanol–water partition coefficient (Wildman–Crippen LogP) is 1.40.